The molecule has 1 aromatic carbocycles. The molecule has 2 N–H and O–H groups in total. The van der Waals surface area contributed by atoms with Crippen molar-refractivity contribution in [3.63, 3.8) is 0 Å². The second-order valence-electron chi connectivity index (χ2n) is 4.42. The van der Waals surface area contributed by atoms with E-state index in [0.717, 1.165) is 18.4 Å². The minimum Gasteiger partial charge on any atom is -0.483 e. The van der Waals surface area contributed by atoms with E-state index in [2.05, 4.69) is 5.32 Å². The first-order chi connectivity index (χ1) is 8.56. The Hall–Kier alpha value is -2.04. The summed E-state index contributed by atoms with van der Waals surface area (Å²) in [7, 11) is 0. The van der Waals surface area contributed by atoms with E-state index >= 15 is 0 Å². The molecule has 1 amide bonds. The van der Waals surface area contributed by atoms with Gasteiger partial charge in [0.1, 0.15) is 5.75 Å². The Kier molecular flexibility index (Phi) is 3.50. The van der Waals surface area contributed by atoms with E-state index in [4.69, 9.17) is 9.84 Å². The van der Waals surface area contributed by atoms with E-state index in [1.807, 2.05) is 0 Å². The van der Waals surface area contributed by atoms with Crippen LogP contribution in [0.25, 0.3) is 0 Å². The summed E-state index contributed by atoms with van der Waals surface area (Å²) in [5, 5.41) is 11.7. The summed E-state index contributed by atoms with van der Waals surface area (Å²) in [6.45, 7) is 1.72. The van der Waals surface area contributed by atoms with E-state index in [0.29, 0.717) is 11.8 Å². The standard InChI is InChI=1S/C13H15NO4/c1-8-2-3-9(13(16)17)6-11(8)18-7-12(15)14-10-4-5-10/h2-3,6,10H,4-5,7H2,1H3,(H,14,15)(H,16,17). The number of carbonyl (C=O) groups is 2. The quantitative estimate of drug-likeness (QED) is 0.826. The van der Waals surface area contributed by atoms with Crippen LogP contribution >= 0.6 is 0 Å². The molecule has 1 saturated carbocycles. The van der Waals surface area contributed by atoms with Crippen molar-refractivity contribution in [2.45, 2.75) is 25.8 Å². The fourth-order valence-corrected chi connectivity index (χ4v) is 1.53. The summed E-state index contributed by atoms with van der Waals surface area (Å²) >= 11 is 0. The summed E-state index contributed by atoms with van der Waals surface area (Å²) in [5.74, 6) is -0.749. The number of ether oxygens (including phenoxy) is 1. The van der Waals surface area contributed by atoms with Crippen LogP contribution in [0.4, 0.5) is 0 Å². The fraction of sp³-hybridized carbons (Fsp3) is 0.385. The molecule has 0 aliphatic heterocycles. The second kappa shape index (κ2) is 5.08. The predicted molar refractivity (Wildman–Crippen MR) is 64.8 cm³/mol. The lowest BCUT2D eigenvalue weighted by atomic mass is 10.1. The Bertz CT molecular complexity index is 480. The van der Waals surface area contributed by atoms with Crippen molar-refractivity contribution in [2.75, 3.05) is 6.61 Å². The first kappa shape index (κ1) is 12.4. The van der Waals surface area contributed by atoms with Gasteiger partial charge >= 0.3 is 5.97 Å². The lowest BCUT2D eigenvalue weighted by Gasteiger charge is -2.09. The molecule has 5 heteroatoms. The molecular weight excluding hydrogens is 234 g/mol. The highest BCUT2D eigenvalue weighted by Crippen LogP contribution is 2.20. The highest BCUT2D eigenvalue weighted by molar-refractivity contribution is 5.88. The number of aryl methyl sites for hydroxylation is 1. The molecule has 1 aliphatic carbocycles. The average Bonchev–Trinajstić information content (AvgIpc) is 3.11. The lowest BCUT2D eigenvalue weighted by Crippen LogP contribution is -2.30. The highest BCUT2D eigenvalue weighted by atomic mass is 16.5. The van der Waals surface area contributed by atoms with E-state index in [9.17, 15) is 9.59 Å². The molecule has 0 spiro atoms. The first-order valence-electron chi connectivity index (χ1n) is 5.82. The van der Waals surface area contributed by atoms with Gasteiger partial charge in [-0.2, -0.15) is 0 Å². The topological polar surface area (TPSA) is 75.6 Å². The van der Waals surface area contributed by atoms with Gasteiger partial charge in [0.25, 0.3) is 5.91 Å². The van der Waals surface area contributed by atoms with Crippen LogP contribution in [0.2, 0.25) is 0 Å². The third-order valence-corrected chi connectivity index (χ3v) is 2.74. The van der Waals surface area contributed by atoms with Gasteiger partial charge in [-0.1, -0.05) is 6.07 Å². The third kappa shape index (κ3) is 3.23. The monoisotopic (exact) mass is 249 g/mol. The molecule has 0 atom stereocenters. The summed E-state index contributed by atoms with van der Waals surface area (Å²) in [6, 6.07) is 4.90. The molecule has 96 valence electrons. The second-order valence-corrected chi connectivity index (χ2v) is 4.42. The maximum Gasteiger partial charge on any atom is 0.335 e. The number of aromatic carboxylic acids is 1. The smallest absolute Gasteiger partial charge is 0.335 e. The number of carboxylic acids is 1. The molecule has 1 aromatic rings. The van der Waals surface area contributed by atoms with Gasteiger partial charge in [0.2, 0.25) is 0 Å². The molecule has 18 heavy (non-hydrogen) atoms. The molecule has 0 radical (unpaired) electrons. The van der Waals surface area contributed by atoms with Gasteiger partial charge in [-0.15, -0.1) is 0 Å². The minimum absolute atomic E-state index is 0.0829. The molecule has 1 aliphatic rings. The molecule has 0 bridgehead atoms. The van der Waals surface area contributed by atoms with Crippen molar-refractivity contribution in [3.05, 3.63) is 29.3 Å². The van der Waals surface area contributed by atoms with Crippen molar-refractivity contribution in [2.24, 2.45) is 0 Å². The van der Waals surface area contributed by atoms with Gasteiger partial charge in [-0.3, -0.25) is 4.79 Å². The summed E-state index contributed by atoms with van der Waals surface area (Å²) < 4.78 is 5.34. The molecule has 0 unspecified atom stereocenters. The normalized spacial score (nSPS) is 14.1. The van der Waals surface area contributed by atoms with Crippen molar-refractivity contribution < 1.29 is 19.4 Å². The van der Waals surface area contributed by atoms with E-state index in [-0.39, 0.29) is 18.1 Å². The van der Waals surface area contributed by atoms with Crippen LogP contribution in [0.1, 0.15) is 28.8 Å². The zero-order valence-corrected chi connectivity index (χ0v) is 10.1. The zero-order chi connectivity index (χ0) is 13.1. The molecule has 2 rings (SSSR count). The average molecular weight is 249 g/mol. The molecule has 5 nitrogen and oxygen atoms in total. The predicted octanol–water partition coefficient (Wildman–Crippen LogP) is 1.35. The number of carbonyl (C=O) groups excluding carboxylic acids is 1. The summed E-state index contributed by atoms with van der Waals surface area (Å²) in [5.41, 5.74) is 0.956. The number of hydrogen-bond donors (Lipinski definition) is 2. The van der Waals surface area contributed by atoms with Gasteiger partial charge in [0.05, 0.1) is 5.56 Å². The van der Waals surface area contributed by atoms with Crippen molar-refractivity contribution >= 4 is 11.9 Å². The van der Waals surface area contributed by atoms with Crippen LogP contribution in [-0.4, -0.2) is 29.6 Å². The van der Waals surface area contributed by atoms with Crippen molar-refractivity contribution in [1.82, 2.24) is 5.32 Å². The molecular formula is C13H15NO4. The van der Waals surface area contributed by atoms with Gasteiger partial charge in [-0.05, 0) is 37.5 Å². The number of carboxylic acid groups (broad SMARTS) is 1. The van der Waals surface area contributed by atoms with Crippen LogP contribution < -0.4 is 10.1 Å². The highest BCUT2D eigenvalue weighted by Gasteiger charge is 2.23. The number of benzene rings is 1. The fourth-order valence-electron chi connectivity index (χ4n) is 1.53. The van der Waals surface area contributed by atoms with E-state index in [1.54, 1.807) is 13.0 Å². The van der Waals surface area contributed by atoms with E-state index < -0.39 is 5.97 Å². The van der Waals surface area contributed by atoms with Crippen LogP contribution in [0.15, 0.2) is 18.2 Å². The van der Waals surface area contributed by atoms with Crippen LogP contribution in [0.5, 0.6) is 5.75 Å². The van der Waals surface area contributed by atoms with Gasteiger partial charge < -0.3 is 15.2 Å². The Balaban J connectivity index is 1.96. The van der Waals surface area contributed by atoms with Crippen molar-refractivity contribution in [1.29, 1.82) is 0 Å². The van der Waals surface area contributed by atoms with Crippen LogP contribution in [0, 0.1) is 6.92 Å². The van der Waals surface area contributed by atoms with Gasteiger partial charge in [0.15, 0.2) is 6.61 Å². The minimum atomic E-state index is -1.01. The maximum atomic E-state index is 11.4. The summed E-state index contributed by atoms with van der Waals surface area (Å²) in [6.07, 6.45) is 2.05. The third-order valence-electron chi connectivity index (χ3n) is 2.74. The van der Waals surface area contributed by atoms with E-state index in [1.165, 1.54) is 12.1 Å². The summed E-state index contributed by atoms with van der Waals surface area (Å²) in [4.78, 5) is 22.3. The number of hydrogen-bond acceptors (Lipinski definition) is 3. The maximum absolute atomic E-state index is 11.4. The Morgan fingerprint density at radius 2 is 2.17 bits per heavy atom. The molecule has 1 fully saturated rings. The number of rotatable bonds is 5. The Morgan fingerprint density at radius 1 is 1.44 bits per heavy atom. The molecule has 0 saturated heterocycles. The number of nitrogens with one attached hydrogen (secondary N) is 1. The molecule has 0 aromatic heterocycles. The zero-order valence-electron chi connectivity index (χ0n) is 10.1. The van der Waals surface area contributed by atoms with Crippen LogP contribution in [-0.2, 0) is 4.79 Å². The lowest BCUT2D eigenvalue weighted by molar-refractivity contribution is -0.123. The Labute approximate surface area is 105 Å². The van der Waals surface area contributed by atoms with Gasteiger partial charge in [0, 0.05) is 6.04 Å². The Morgan fingerprint density at radius 3 is 2.78 bits per heavy atom. The van der Waals surface area contributed by atoms with Crippen LogP contribution in [0.3, 0.4) is 0 Å². The van der Waals surface area contributed by atoms with Gasteiger partial charge in [-0.25, -0.2) is 4.79 Å². The SMILES string of the molecule is Cc1ccc(C(=O)O)cc1OCC(=O)NC1CC1. The first-order valence-corrected chi connectivity index (χ1v) is 5.82. The van der Waals surface area contributed by atoms with Crippen molar-refractivity contribution in [3.8, 4) is 5.75 Å². The number of amides is 1. The largest absolute Gasteiger partial charge is 0.483 e. The molecule has 0 heterocycles.